The van der Waals surface area contributed by atoms with Crippen LogP contribution in [0.4, 0.5) is 0 Å². The molecule has 2 nitrogen and oxygen atoms in total. The normalized spacial score (nSPS) is 37.1. The molecular weight excluding hydrogens is 597 g/mol. The molecule has 0 aliphatic heterocycles. The predicted molar refractivity (Wildman–Crippen MR) is 209 cm³/mol. The number of carbonyl (C=O) groups is 1. The van der Waals surface area contributed by atoms with Crippen LogP contribution in [0, 0.1) is 51.2 Å². The first-order chi connectivity index (χ1) is 23.5. The van der Waals surface area contributed by atoms with Crippen LogP contribution in [0.25, 0.3) is 0 Å². The van der Waals surface area contributed by atoms with Gasteiger partial charge in [-0.1, -0.05) is 110 Å². The molecular formula is C47H78O2. The van der Waals surface area contributed by atoms with Gasteiger partial charge < -0.3 is 4.74 Å². The summed E-state index contributed by atoms with van der Waals surface area (Å²) in [6, 6.07) is 0. The van der Waals surface area contributed by atoms with Crippen LogP contribution in [0.5, 0.6) is 0 Å². The van der Waals surface area contributed by atoms with Crippen LogP contribution in [0.15, 0.2) is 36.5 Å². The van der Waals surface area contributed by atoms with Gasteiger partial charge >= 0.3 is 5.97 Å². The summed E-state index contributed by atoms with van der Waals surface area (Å²) in [6.45, 7) is 19.3. The monoisotopic (exact) mass is 675 g/mol. The van der Waals surface area contributed by atoms with E-state index < -0.39 is 0 Å². The zero-order chi connectivity index (χ0) is 35.1. The lowest BCUT2D eigenvalue weighted by molar-refractivity contribution is -0.158. The number of carbonyl (C=O) groups excluding carboxylic acids is 1. The van der Waals surface area contributed by atoms with Crippen LogP contribution in [-0.2, 0) is 9.53 Å². The molecule has 2 spiro atoms. The highest BCUT2D eigenvalue weighted by Gasteiger charge is 2.80. The van der Waals surface area contributed by atoms with Crippen LogP contribution in [-0.4, -0.2) is 12.1 Å². The molecule has 5 aliphatic rings. The molecule has 9 atom stereocenters. The first-order valence-corrected chi connectivity index (χ1v) is 21.7. The van der Waals surface area contributed by atoms with Gasteiger partial charge in [0.2, 0.25) is 0 Å². The fourth-order valence-corrected chi connectivity index (χ4v) is 12.9. The molecule has 0 aromatic heterocycles. The number of unbranched alkanes of at least 4 members (excludes halogenated alkanes) is 8. The van der Waals surface area contributed by atoms with Gasteiger partial charge in [-0.05, 0) is 167 Å². The number of allylic oxidation sites excluding steroid dienone is 5. The molecule has 0 bridgehead atoms. The van der Waals surface area contributed by atoms with Gasteiger partial charge in [-0.25, -0.2) is 0 Å². The van der Waals surface area contributed by atoms with Crippen molar-refractivity contribution in [3.8, 4) is 0 Å². The van der Waals surface area contributed by atoms with Crippen molar-refractivity contribution >= 4 is 5.97 Å². The molecule has 0 radical (unpaired) electrons. The lowest BCUT2D eigenvalue weighted by Gasteiger charge is -2.61. The highest BCUT2D eigenvalue weighted by atomic mass is 16.5. The number of rotatable bonds is 20. The molecule has 0 amide bonds. The van der Waals surface area contributed by atoms with E-state index in [9.17, 15) is 4.79 Å². The summed E-state index contributed by atoms with van der Waals surface area (Å²) in [5.41, 5.74) is 3.61. The first-order valence-electron chi connectivity index (χ1n) is 21.7. The summed E-state index contributed by atoms with van der Waals surface area (Å²) >= 11 is 0. The standard InChI is InChI=1S/C47H78O2/c1-8-9-10-11-12-13-14-15-16-17-18-19-20-21-22-23-43(48)49-40-28-31-46-35-47(46)33-32-44(6)41(38(5)25-24-37(4)36(2)3)29-30-45(44,7)42(47)27-26-39(46)34-40/h12-13,15-16,36,38-42H,4,8-11,14,17-35H2,1-3,5-7H3/b13-12-,16-15-/t38?,39?,40?,41?,42?,44?,45-,46?,47?/m0/s1. The Labute approximate surface area is 304 Å². The van der Waals surface area contributed by atoms with E-state index in [1.54, 1.807) is 0 Å². The SMILES string of the molecule is C=C(CCC(C)C1CC[C@@]2(C)C3CCC4CC(OC(=O)CCCCCCC/C=C\C/C=C\CCCCC)CCC45CC35CCC12C)C(C)C. The highest BCUT2D eigenvalue weighted by Crippen LogP contribution is 2.87. The maximum Gasteiger partial charge on any atom is 0.306 e. The van der Waals surface area contributed by atoms with E-state index in [1.807, 2.05) is 0 Å². The van der Waals surface area contributed by atoms with Crippen molar-refractivity contribution in [1.29, 1.82) is 0 Å². The lowest BCUT2D eigenvalue weighted by atomic mass is 9.43. The fraction of sp³-hybridized carbons (Fsp3) is 0.851. The van der Waals surface area contributed by atoms with Crippen molar-refractivity contribution in [1.82, 2.24) is 0 Å². The minimum atomic E-state index is 0.0786. The molecule has 5 rings (SSSR count). The third-order valence-corrected chi connectivity index (χ3v) is 16.2. The van der Waals surface area contributed by atoms with Gasteiger partial charge in [0.1, 0.15) is 6.10 Å². The van der Waals surface area contributed by atoms with E-state index >= 15 is 0 Å². The van der Waals surface area contributed by atoms with Crippen LogP contribution in [0.2, 0.25) is 0 Å². The summed E-state index contributed by atoms with van der Waals surface area (Å²) in [6.07, 6.45) is 39.7. The van der Waals surface area contributed by atoms with Gasteiger partial charge in [-0.3, -0.25) is 4.79 Å². The number of hydrogen-bond acceptors (Lipinski definition) is 2. The maximum absolute atomic E-state index is 12.9. The smallest absolute Gasteiger partial charge is 0.306 e. The molecule has 5 aliphatic carbocycles. The van der Waals surface area contributed by atoms with Crippen LogP contribution in [0.3, 0.4) is 0 Å². The van der Waals surface area contributed by atoms with Crippen molar-refractivity contribution in [3.05, 3.63) is 36.5 Å². The Morgan fingerprint density at radius 2 is 1.49 bits per heavy atom. The Balaban J connectivity index is 0.997. The third kappa shape index (κ3) is 8.19. The molecule has 49 heavy (non-hydrogen) atoms. The van der Waals surface area contributed by atoms with Gasteiger partial charge in [-0.2, -0.15) is 0 Å². The molecule has 278 valence electrons. The van der Waals surface area contributed by atoms with E-state index in [-0.39, 0.29) is 12.1 Å². The minimum Gasteiger partial charge on any atom is -0.462 e. The Bertz CT molecular complexity index is 1150. The predicted octanol–water partition coefficient (Wildman–Crippen LogP) is 14.1. The zero-order valence-corrected chi connectivity index (χ0v) is 33.3. The van der Waals surface area contributed by atoms with E-state index in [0.29, 0.717) is 34.0 Å². The Hall–Kier alpha value is -1.31. The molecule has 0 aromatic rings. The summed E-state index contributed by atoms with van der Waals surface area (Å²) in [5.74, 6) is 4.07. The molecule has 2 heteroatoms. The van der Waals surface area contributed by atoms with E-state index in [0.717, 1.165) is 55.8 Å². The van der Waals surface area contributed by atoms with Crippen LogP contribution >= 0.6 is 0 Å². The molecule has 0 aromatic carbocycles. The van der Waals surface area contributed by atoms with E-state index in [2.05, 4.69) is 72.4 Å². The number of fused-ring (bicyclic) bond motifs is 2. The van der Waals surface area contributed by atoms with Gasteiger partial charge in [-0.15, -0.1) is 0 Å². The molecule has 0 heterocycles. The summed E-state index contributed by atoms with van der Waals surface area (Å²) in [5, 5.41) is 0. The largest absolute Gasteiger partial charge is 0.462 e. The van der Waals surface area contributed by atoms with Gasteiger partial charge in [0, 0.05) is 6.42 Å². The second kappa shape index (κ2) is 17.0. The van der Waals surface area contributed by atoms with Crippen molar-refractivity contribution < 1.29 is 9.53 Å². The Kier molecular flexibility index (Phi) is 13.5. The second-order valence-electron chi connectivity index (χ2n) is 19.0. The van der Waals surface area contributed by atoms with Gasteiger partial charge in [0.15, 0.2) is 0 Å². The number of hydrogen-bond donors (Lipinski definition) is 0. The van der Waals surface area contributed by atoms with Crippen molar-refractivity contribution in [3.63, 3.8) is 0 Å². The Morgan fingerprint density at radius 1 is 0.776 bits per heavy atom. The zero-order valence-electron chi connectivity index (χ0n) is 33.3. The van der Waals surface area contributed by atoms with Gasteiger partial charge in [0.05, 0.1) is 0 Å². The molecule has 0 N–H and O–H groups in total. The Morgan fingerprint density at radius 3 is 2.22 bits per heavy atom. The summed E-state index contributed by atoms with van der Waals surface area (Å²) in [4.78, 5) is 12.9. The molecule has 5 fully saturated rings. The summed E-state index contributed by atoms with van der Waals surface area (Å²) < 4.78 is 6.20. The van der Waals surface area contributed by atoms with Crippen molar-refractivity contribution in [2.24, 2.45) is 51.2 Å². The van der Waals surface area contributed by atoms with Crippen molar-refractivity contribution in [2.45, 2.75) is 202 Å². The number of esters is 1. The quantitative estimate of drug-likeness (QED) is 0.0730. The maximum atomic E-state index is 12.9. The lowest BCUT2D eigenvalue weighted by Crippen LogP contribution is -2.55. The highest BCUT2D eigenvalue weighted by molar-refractivity contribution is 5.69. The number of ether oxygens (including phenoxy) is 1. The molecule has 5 saturated carbocycles. The van der Waals surface area contributed by atoms with E-state index in [1.165, 1.54) is 121 Å². The summed E-state index contributed by atoms with van der Waals surface area (Å²) in [7, 11) is 0. The topological polar surface area (TPSA) is 26.3 Å². The second-order valence-corrected chi connectivity index (χ2v) is 19.0. The van der Waals surface area contributed by atoms with Crippen molar-refractivity contribution in [2.75, 3.05) is 0 Å². The average Bonchev–Trinajstić information content (AvgIpc) is 3.66. The van der Waals surface area contributed by atoms with E-state index in [4.69, 9.17) is 4.74 Å². The third-order valence-electron chi connectivity index (χ3n) is 16.2. The molecule has 0 saturated heterocycles. The average molecular weight is 675 g/mol. The minimum absolute atomic E-state index is 0.0786. The fourth-order valence-electron chi connectivity index (χ4n) is 12.9. The van der Waals surface area contributed by atoms with Crippen LogP contribution < -0.4 is 0 Å². The first kappa shape index (κ1) is 38.9. The molecule has 8 unspecified atom stereocenters. The van der Waals surface area contributed by atoms with Gasteiger partial charge in [0.25, 0.3) is 0 Å². The van der Waals surface area contributed by atoms with Crippen LogP contribution in [0.1, 0.15) is 196 Å².